The molecule has 5 heteroatoms. The maximum Gasteiger partial charge on any atom is 0.224 e. The third-order valence-electron chi connectivity index (χ3n) is 3.57. The van der Waals surface area contributed by atoms with Crippen molar-refractivity contribution in [1.82, 2.24) is 0 Å². The second kappa shape index (κ2) is 11.5. The molecule has 0 bridgehead atoms. The molecular weight excluding hydrogens is 322 g/mol. The van der Waals surface area contributed by atoms with Gasteiger partial charge in [0.15, 0.2) is 0 Å². The van der Waals surface area contributed by atoms with E-state index in [0.717, 1.165) is 49.3 Å². The molecule has 0 unspecified atom stereocenters. The van der Waals surface area contributed by atoms with Crippen molar-refractivity contribution >= 4 is 35.4 Å². The lowest BCUT2D eigenvalue weighted by Gasteiger charge is -2.09. The van der Waals surface area contributed by atoms with Crippen molar-refractivity contribution in [3.8, 4) is 0 Å². The molecule has 130 valence electrons. The van der Waals surface area contributed by atoms with Gasteiger partial charge >= 0.3 is 0 Å². The molecule has 0 saturated heterocycles. The summed E-state index contributed by atoms with van der Waals surface area (Å²) < 4.78 is 0. The Morgan fingerprint density at radius 3 is 2.25 bits per heavy atom. The Balaban J connectivity index is 0.00000288. The van der Waals surface area contributed by atoms with Gasteiger partial charge in [0.2, 0.25) is 5.91 Å². The van der Waals surface area contributed by atoms with E-state index in [2.05, 4.69) is 10.6 Å². The molecule has 0 aliphatic heterocycles. The summed E-state index contributed by atoms with van der Waals surface area (Å²) >= 11 is 0. The molecule has 0 aromatic heterocycles. The normalized spacial score (nSPS) is 9.88. The molecule has 0 radical (unpaired) electrons. The highest BCUT2D eigenvalue weighted by molar-refractivity contribution is 5.91. The van der Waals surface area contributed by atoms with Crippen LogP contribution in [-0.2, 0) is 4.79 Å². The Bertz CT molecular complexity index is 605. The van der Waals surface area contributed by atoms with Gasteiger partial charge < -0.3 is 16.4 Å². The van der Waals surface area contributed by atoms with Crippen molar-refractivity contribution in [2.45, 2.75) is 32.1 Å². The average Bonchev–Trinajstić information content (AvgIpc) is 2.56. The van der Waals surface area contributed by atoms with Gasteiger partial charge in [-0.25, -0.2) is 0 Å². The molecule has 0 aliphatic carbocycles. The van der Waals surface area contributed by atoms with E-state index >= 15 is 0 Å². The van der Waals surface area contributed by atoms with Crippen molar-refractivity contribution in [2.24, 2.45) is 5.73 Å². The number of nitrogens with two attached hydrogens (primary N) is 1. The van der Waals surface area contributed by atoms with Crippen LogP contribution in [0.4, 0.5) is 17.1 Å². The van der Waals surface area contributed by atoms with Gasteiger partial charge in [-0.2, -0.15) is 0 Å². The zero-order chi connectivity index (χ0) is 16.3. The number of rotatable bonds is 9. The zero-order valence-electron chi connectivity index (χ0n) is 13.8. The van der Waals surface area contributed by atoms with Crippen molar-refractivity contribution < 1.29 is 4.79 Å². The second-order valence-electron chi connectivity index (χ2n) is 5.57. The Hall–Kier alpha value is -2.04. The fourth-order valence-corrected chi connectivity index (χ4v) is 2.37. The van der Waals surface area contributed by atoms with Crippen LogP contribution in [0.1, 0.15) is 32.1 Å². The molecule has 0 atom stereocenters. The van der Waals surface area contributed by atoms with E-state index in [9.17, 15) is 4.79 Å². The van der Waals surface area contributed by atoms with Crippen LogP contribution in [0.2, 0.25) is 0 Å². The summed E-state index contributed by atoms with van der Waals surface area (Å²) in [6.07, 6.45) is 4.66. The smallest absolute Gasteiger partial charge is 0.224 e. The summed E-state index contributed by atoms with van der Waals surface area (Å²) in [4.78, 5) is 12.0. The molecule has 4 N–H and O–H groups in total. The third-order valence-corrected chi connectivity index (χ3v) is 3.57. The van der Waals surface area contributed by atoms with E-state index in [-0.39, 0.29) is 18.3 Å². The number of carbonyl (C=O) groups excluding carboxylic acids is 1. The van der Waals surface area contributed by atoms with Gasteiger partial charge in [-0.3, -0.25) is 4.79 Å². The van der Waals surface area contributed by atoms with Gasteiger partial charge in [0.05, 0.1) is 0 Å². The molecule has 2 aromatic carbocycles. The lowest BCUT2D eigenvalue weighted by Crippen LogP contribution is -2.11. The maximum absolute atomic E-state index is 12.0. The molecule has 0 spiro atoms. The molecule has 0 aliphatic rings. The number of nitrogens with one attached hydrogen (secondary N) is 2. The summed E-state index contributed by atoms with van der Waals surface area (Å²) in [6, 6.07) is 17.7. The summed E-state index contributed by atoms with van der Waals surface area (Å²) in [5.74, 6) is 0.0645. The number of benzene rings is 2. The fourth-order valence-electron chi connectivity index (χ4n) is 2.37. The first kappa shape index (κ1) is 20.0. The minimum Gasteiger partial charge on any atom is -0.355 e. The van der Waals surface area contributed by atoms with Crippen molar-refractivity contribution in [1.29, 1.82) is 0 Å². The first-order valence-electron chi connectivity index (χ1n) is 8.20. The van der Waals surface area contributed by atoms with Crippen LogP contribution in [0.5, 0.6) is 0 Å². The SMILES string of the molecule is Cl.NCCCCCCC(=O)Nc1cccc(Nc2ccccc2)c1. The number of amides is 1. The van der Waals surface area contributed by atoms with Gasteiger partial charge in [0, 0.05) is 23.5 Å². The van der Waals surface area contributed by atoms with E-state index in [0.29, 0.717) is 6.42 Å². The average molecular weight is 348 g/mol. The Morgan fingerprint density at radius 2 is 1.50 bits per heavy atom. The van der Waals surface area contributed by atoms with Crippen LogP contribution in [-0.4, -0.2) is 12.5 Å². The van der Waals surface area contributed by atoms with Crippen LogP contribution in [0.3, 0.4) is 0 Å². The fraction of sp³-hybridized carbons (Fsp3) is 0.316. The number of hydrogen-bond donors (Lipinski definition) is 3. The Kier molecular flexibility index (Phi) is 9.58. The van der Waals surface area contributed by atoms with Crippen molar-refractivity contribution in [3.63, 3.8) is 0 Å². The van der Waals surface area contributed by atoms with Crippen LogP contribution >= 0.6 is 12.4 Å². The number of para-hydroxylation sites is 1. The number of hydrogen-bond acceptors (Lipinski definition) is 3. The van der Waals surface area contributed by atoms with Crippen LogP contribution in [0.15, 0.2) is 54.6 Å². The van der Waals surface area contributed by atoms with Gasteiger partial charge in [0.25, 0.3) is 0 Å². The van der Waals surface area contributed by atoms with Crippen molar-refractivity contribution in [3.05, 3.63) is 54.6 Å². The first-order valence-corrected chi connectivity index (χ1v) is 8.20. The predicted molar refractivity (Wildman–Crippen MR) is 104 cm³/mol. The van der Waals surface area contributed by atoms with Crippen LogP contribution in [0, 0.1) is 0 Å². The Labute approximate surface area is 150 Å². The summed E-state index contributed by atoms with van der Waals surface area (Å²) in [5, 5.41) is 6.28. The quantitative estimate of drug-likeness (QED) is 0.576. The number of halogens is 1. The first-order chi connectivity index (χ1) is 11.3. The minimum atomic E-state index is 0. The highest BCUT2D eigenvalue weighted by Crippen LogP contribution is 2.20. The van der Waals surface area contributed by atoms with Gasteiger partial charge in [-0.05, 0) is 49.7 Å². The zero-order valence-corrected chi connectivity index (χ0v) is 14.6. The molecular formula is C19H26ClN3O. The molecule has 2 rings (SSSR count). The maximum atomic E-state index is 12.0. The molecule has 4 nitrogen and oxygen atoms in total. The molecule has 1 amide bonds. The van der Waals surface area contributed by atoms with E-state index in [1.165, 1.54) is 0 Å². The van der Waals surface area contributed by atoms with E-state index in [1.807, 2.05) is 54.6 Å². The lowest BCUT2D eigenvalue weighted by atomic mass is 10.1. The number of anilines is 3. The van der Waals surface area contributed by atoms with Crippen LogP contribution < -0.4 is 16.4 Å². The minimum absolute atomic E-state index is 0. The van der Waals surface area contributed by atoms with Crippen LogP contribution in [0.25, 0.3) is 0 Å². The number of carbonyl (C=O) groups is 1. The molecule has 24 heavy (non-hydrogen) atoms. The van der Waals surface area contributed by atoms with Gasteiger partial charge in [-0.15, -0.1) is 12.4 Å². The Morgan fingerprint density at radius 1 is 0.833 bits per heavy atom. The summed E-state index contributed by atoms with van der Waals surface area (Å²) in [7, 11) is 0. The van der Waals surface area contributed by atoms with Gasteiger partial charge in [0.1, 0.15) is 0 Å². The van der Waals surface area contributed by atoms with Gasteiger partial charge in [-0.1, -0.05) is 37.1 Å². The topological polar surface area (TPSA) is 67.2 Å². The summed E-state index contributed by atoms with van der Waals surface area (Å²) in [6.45, 7) is 0.730. The third kappa shape index (κ3) is 7.49. The molecule has 2 aromatic rings. The van der Waals surface area contributed by atoms with Crippen molar-refractivity contribution in [2.75, 3.05) is 17.2 Å². The van der Waals surface area contributed by atoms with E-state index < -0.39 is 0 Å². The lowest BCUT2D eigenvalue weighted by molar-refractivity contribution is -0.116. The predicted octanol–water partition coefficient (Wildman–Crippen LogP) is 4.70. The monoisotopic (exact) mass is 347 g/mol. The highest BCUT2D eigenvalue weighted by Gasteiger charge is 2.03. The second-order valence-corrected chi connectivity index (χ2v) is 5.57. The highest BCUT2D eigenvalue weighted by atomic mass is 35.5. The largest absolute Gasteiger partial charge is 0.355 e. The molecule has 0 saturated carbocycles. The standard InChI is InChI=1S/C19H25N3O.ClH/c20-14-7-2-1-6-13-19(23)22-18-12-8-11-17(15-18)21-16-9-4-3-5-10-16;/h3-5,8-12,15,21H,1-2,6-7,13-14,20H2,(H,22,23);1H. The number of unbranched alkanes of at least 4 members (excludes halogenated alkanes) is 3. The molecule has 0 heterocycles. The van der Waals surface area contributed by atoms with E-state index in [1.54, 1.807) is 0 Å². The molecule has 0 fully saturated rings. The van der Waals surface area contributed by atoms with E-state index in [4.69, 9.17) is 5.73 Å². The summed E-state index contributed by atoms with van der Waals surface area (Å²) in [5.41, 5.74) is 8.25.